The number of alkyl halides is 3. The number of carbonyl (C=O) groups excluding carboxylic acids is 2. The standard InChI is InChI=1S/C13H19F3O4/c1-6-10(2,3)8(17)20-12(13(14,15)16)7-11(4,5)19-9(12)18/h6-7H2,1-5H3. The van der Waals surface area contributed by atoms with E-state index in [9.17, 15) is 22.8 Å². The first kappa shape index (κ1) is 16.8. The summed E-state index contributed by atoms with van der Waals surface area (Å²) in [6, 6.07) is 0. The Kier molecular flexibility index (Phi) is 3.89. The summed E-state index contributed by atoms with van der Waals surface area (Å²) in [7, 11) is 0. The summed E-state index contributed by atoms with van der Waals surface area (Å²) in [5, 5.41) is 0. The fourth-order valence-corrected chi connectivity index (χ4v) is 1.83. The Morgan fingerprint density at radius 2 is 1.85 bits per heavy atom. The third-order valence-electron chi connectivity index (χ3n) is 3.53. The van der Waals surface area contributed by atoms with Crippen LogP contribution in [0, 0.1) is 5.41 Å². The van der Waals surface area contributed by atoms with Crippen LogP contribution in [-0.4, -0.2) is 29.3 Å². The highest BCUT2D eigenvalue weighted by Crippen LogP contribution is 2.47. The molecule has 7 heteroatoms. The van der Waals surface area contributed by atoms with Gasteiger partial charge in [-0.05, 0) is 34.1 Å². The number of rotatable bonds is 3. The minimum absolute atomic E-state index is 0.290. The fourth-order valence-electron chi connectivity index (χ4n) is 1.83. The first-order chi connectivity index (χ1) is 8.77. The van der Waals surface area contributed by atoms with Gasteiger partial charge in [-0.1, -0.05) is 6.92 Å². The number of hydrogen-bond acceptors (Lipinski definition) is 4. The molecule has 1 unspecified atom stereocenters. The van der Waals surface area contributed by atoms with Crippen LogP contribution in [0.5, 0.6) is 0 Å². The molecule has 0 spiro atoms. The Hall–Kier alpha value is -1.27. The molecule has 1 rings (SSSR count). The van der Waals surface area contributed by atoms with Gasteiger partial charge in [0.25, 0.3) is 0 Å². The van der Waals surface area contributed by atoms with Gasteiger partial charge in [-0.3, -0.25) is 4.79 Å². The predicted molar refractivity (Wildman–Crippen MR) is 63.7 cm³/mol. The van der Waals surface area contributed by atoms with Crippen LogP contribution in [0.4, 0.5) is 13.2 Å². The van der Waals surface area contributed by atoms with Crippen LogP contribution in [0.1, 0.15) is 47.5 Å². The zero-order valence-electron chi connectivity index (χ0n) is 12.2. The first-order valence-corrected chi connectivity index (χ1v) is 6.31. The molecule has 0 aromatic rings. The Morgan fingerprint density at radius 1 is 1.35 bits per heavy atom. The van der Waals surface area contributed by atoms with Gasteiger partial charge in [0.15, 0.2) is 0 Å². The van der Waals surface area contributed by atoms with Crippen molar-refractivity contribution in [3.63, 3.8) is 0 Å². The summed E-state index contributed by atoms with van der Waals surface area (Å²) < 4.78 is 49.2. The zero-order valence-corrected chi connectivity index (χ0v) is 12.2. The van der Waals surface area contributed by atoms with E-state index in [1.165, 1.54) is 27.7 Å². The number of esters is 2. The van der Waals surface area contributed by atoms with E-state index in [0.29, 0.717) is 0 Å². The quantitative estimate of drug-likeness (QED) is 0.751. The molecule has 116 valence electrons. The summed E-state index contributed by atoms with van der Waals surface area (Å²) in [6.45, 7) is 7.27. The molecule has 1 aliphatic rings. The Morgan fingerprint density at radius 3 is 2.15 bits per heavy atom. The van der Waals surface area contributed by atoms with E-state index in [1.54, 1.807) is 6.92 Å². The van der Waals surface area contributed by atoms with E-state index < -0.39 is 41.2 Å². The third kappa shape index (κ3) is 2.76. The average molecular weight is 296 g/mol. The largest absolute Gasteiger partial charge is 0.456 e. The van der Waals surface area contributed by atoms with Crippen LogP contribution >= 0.6 is 0 Å². The Labute approximate surface area is 115 Å². The lowest BCUT2D eigenvalue weighted by Gasteiger charge is -2.31. The molecule has 1 fully saturated rings. The van der Waals surface area contributed by atoms with Crippen molar-refractivity contribution in [3.8, 4) is 0 Å². The fraction of sp³-hybridized carbons (Fsp3) is 0.846. The van der Waals surface area contributed by atoms with Crippen molar-refractivity contribution in [3.05, 3.63) is 0 Å². The number of ether oxygens (including phenoxy) is 2. The average Bonchev–Trinajstić information content (AvgIpc) is 2.48. The number of cyclic esters (lactones) is 1. The molecule has 0 bridgehead atoms. The van der Waals surface area contributed by atoms with Crippen molar-refractivity contribution in [1.29, 1.82) is 0 Å². The molecular formula is C13H19F3O4. The zero-order chi connectivity index (χ0) is 16.0. The van der Waals surface area contributed by atoms with Crippen molar-refractivity contribution >= 4 is 11.9 Å². The molecule has 0 amide bonds. The SMILES string of the molecule is CCC(C)(C)C(=O)OC1(C(F)(F)F)CC(C)(C)OC1=O. The van der Waals surface area contributed by atoms with E-state index in [-0.39, 0.29) is 6.42 Å². The van der Waals surface area contributed by atoms with Crippen LogP contribution in [0.2, 0.25) is 0 Å². The molecule has 0 N–H and O–H groups in total. The highest BCUT2D eigenvalue weighted by atomic mass is 19.4. The van der Waals surface area contributed by atoms with Crippen LogP contribution in [0.3, 0.4) is 0 Å². The summed E-state index contributed by atoms with van der Waals surface area (Å²) >= 11 is 0. The molecule has 20 heavy (non-hydrogen) atoms. The molecule has 0 radical (unpaired) electrons. The van der Waals surface area contributed by atoms with Gasteiger partial charge in [0.05, 0.1) is 5.41 Å². The lowest BCUT2D eigenvalue weighted by molar-refractivity contribution is -0.264. The topological polar surface area (TPSA) is 52.6 Å². The maximum absolute atomic E-state index is 13.3. The lowest BCUT2D eigenvalue weighted by Crippen LogP contribution is -2.54. The second-order valence-electron chi connectivity index (χ2n) is 6.28. The number of carbonyl (C=O) groups is 2. The first-order valence-electron chi connectivity index (χ1n) is 6.31. The van der Waals surface area contributed by atoms with Crippen LogP contribution in [0.25, 0.3) is 0 Å². The van der Waals surface area contributed by atoms with Gasteiger partial charge in [0.2, 0.25) is 0 Å². The van der Waals surface area contributed by atoms with Gasteiger partial charge in [-0.2, -0.15) is 13.2 Å². The van der Waals surface area contributed by atoms with Crippen LogP contribution in [0.15, 0.2) is 0 Å². The van der Waals surface area contributed by atoms with Gasteiger partial charge in [0, 0.05) is 6.42 Å². The monoisotopic (exact) mass is 296 g/mol. The van der Waals surface area contributed by atoms with E-state index in [2.05, 4.69) is 4.74 Å². The van der Waals surface area contributed by atoms with Gasteiger partial charge >= 0.3 is 23.7 Å². The molecule has 1 heterocycles. The van der Waals surface area contributed by atoms with Crippen molar-refractivity contribution in [2.75, 3.05) is 0 Å². The molecule has 0 aliphatic carbocycles. The molecule has 4 nitrogen and oxygen atoms in total. The normalized spacial score (nSPS) is 26.3. The van der Waals surface area contributed by atoms with Gasteiger partial charge in [-0.25, -0.2) is 4.79 Å². The van der Waals surface area contributed by atoms with Crippen LogP contribution in [-0.2, 0) is 19.1 Å². The van der Waals surface area contributed by atoms with Crippen molar-refractivity contribution in [2.45, 2.75) is 64.8 Å². The molecule has 0 aromatic heterocycles. The highest BCUT2D eigenvalue weighted by molar-refractivity contribution is 5.88. The molecular weight excluding hydrogens is 277 g/mol. The summed E-state index contributed by atoms with van der Waals surface area (Å²) in [5.74, 6) is -2.62. The summed E-state index contributed by atoms with van der Waals surface area (Å²) in [6.07, 6.45) is -5.47. The lowest BCUT2D eigenvalue weighted by atomic mass is 9.88. The van der Waals surface area contributed by atoms with E-state index in [1.807, 2.05) is 0 Å². The maximum Gasteiger partial charge on any atom is 0.439 e. The Balaban J connectivity index is 3.18. The van der Waals surface area contributed by atoms with Crippen molar-refractivity contribution < 1.29 is 32.2 Å². The highest BCUT2D eigenvalue weighted by Gasteiger charge is 2.71. The van der Waals surface area contributed by atoms with Crippen molar-refractivity contribution in [2.24, 2.45) is 5.41 Å². The molecule has 0 aromatic carbocycles. The van der Waals surface area contributed by atoms with Crippen molar-refractivity contribution in [1.82, 2.24) is 0 Å². The van der Waals surface area contributed by atoms with Crippen LogP contribution < -0.4 is 0 Å². The molecule has 1 saturated heterocycles. The summed E-state index contributed by atoms with van der Waals surface area (Å²) in [4.78, 5) is 23.6. The van der Waals surface area contributed by atoms with E-state index in [0.717, 1.165) is 0 Å². The second-order valence-corrected chi connectivity index (χ2v) is 6.28. The summed E-state index contributed by atoms with van der Waals surface area (Å²) in [5.41, 5.74) is -5.64. The third-order valence-corrected chi connectivity index (χ3v) is 3.53. The molecule has 1 aliphatic heterocycles. The smallest absolute Gasteiger partial charge is 0.439 e. The minimum Gasteiger partial charge on any atom is -0.456 e. The predicted octanol–water partition coefficient (Wildman–Crippen LogP) is 2.99. The van der Waals surface area contributed by atoms with E-state index >= 15 is 0 Å². The van der Waals surface area contributed by atoms with Gasteiger partial charge < -0.3 is 9.47 Å². The van der Waals surface area contributed by atoms with Gasteiger partial charge in [0.1, 0.15) is 5.60 Å². The Bertz CT molecular complexity index is 426. The molecule has 0 saturated carbocycles. The number of halogens is 3. The number of hydrogen-bond donors (Lipinski definition) is 0. The maximum atomic E-state index is 13.3. The van der Waals surface area contributed by atoms with Gasteiger partial charge in [-0.15, -0.1) is 0 Å². The van der Waals surface area contributed by atoms with E-state index in [4.69, 9.17) is 4.74 Å². The second kappa shape index (κ2) is 4.63. The minimum atomic E-state index is -5.02. The molecule has 1 atom stereocenters.